The smallest absolute Gasteiger partial charge is 0.184 e. The van der Waals surface area contributed by atoms with Gasteiger partial charge in [-0.1, -0.05) is 218 Å². The summed E-state index contributed by atoms with van der Waals surface area (Å²) < 4.78 is 0. The van der Waals surface area contributed by atoms with Crippen LogP contribution in [0.15, 0.2) is 279 Å². The van der Waals surface area contributed by atoms with E-state index in [0.717, 1.165) is 55.0 Å². The highest BCUT2D eigenvalue weighted by atomic mass is 28.3. The van der Waals surface area contributed by atoms with E-state index in [0.29, 0.717) is 0 Å². The van der Waals surface area contributed by atoms with E-state index in [1.165, 1.54) is 64.2 Å². The number of rotatable bonds is 6. The third-order valence-electron chi connectivity index (χ3n) is 15.9. The van der Waals surface area contributed by atoms with Gasteiger partial charge in [0.1, 0.15) is 0 Å². The van der Waals surface area contributed by atoms with Gasteiger partial charge in [0, 0.05) is 44.9 Å². The molecule has 0 aliphatic carbocycles. The molecule has 2 aliphatic rings. The first-order valence-electron chi connectivity index (χ1n) is 25.5. The lowest BCUT2D eigenvalue weighted by Crippen LogP contribution is -2.77. The van der Waals surface area contributed by atoms with Crippen molar-refractivity contribution >= 4 is 135 Å². The maximum Gasteiger partial charge on any atom is 0.184 e. The lowest BCUT2D eigenvalue weighted by Gasteiger charge is -2.45. The molecule has 4 nitrogen and oxygen atoms in total. The number of fused-ring (bicyclic) bond motifs is 10. The third-order valence-corrected chi connectivity index (χ3v) is 25.6. The molecule has 346 valence electrons. The number of hydrogen-bond donors (Lipinski definition) is 0. The minimum atomic E-state index is -2.77. The molecule has 0 atom stereocenters. The average molecular weight is 975 g/mol. The molecule has 0 radical (unpaired) electrons. The van der Waals surface area contributed by atoms with Gasteiger partial charge in [-0.2, -0.15) is 0 Å². The number of para-hydroxylation sites is 4. The summed E-state index contributed by atoms with van der Waals surface area (Å²) in [6.45, 7) is 0. The van der Waals surface area contributed by atoms with Crippen LogP contribution in [0.25, 0.3) is 43.6 Å². The van der Waals surface area contributed by atoms with Crippen LogP contribution in [0.3, 0.4) is 0 Å². The minimum Gasteiger partial charge on any atom is -0.311 e. The summed E-state index contributed by atoms with van der Waals surface area (Å²) in [6, 6.07) is 104. The lowest BCUT2D eigenvalue weighted by molar-refractivity contribution is 1.29. The predicted octanol–water partition coefficient (Wildman–Crippen LogP) is 11.4. The van der Waals surface area contributed by atoms with Crippen molar-refractivity contribution in [3.8, 4) is 0 Å². The first-order valence-corrected chi connectivity index (χ1v) is 29.5. The van der Waals surface area contributed by atoms with Gasteiger partial charge in [-0.3, -0.25) is 0 Å². The first kappa shape index (κ1) is 42.5. The molecule has 1 aromatic heterocycles. The van der Waals surface area contributed by atoms with E-state index in [1.807, 2.05) is 0 Å². The van der Waals surface area contributed by atoms with Gasteiger partial charge < -0.3 is 9.80 Å². The van der Waals surface area contributed by atoms with Gasteiger partial charge in [0.2, 0.25) is 0 Å². The molecule has 0 bridgehead atoms. The maximum atomic E-state index is 5.70. The van der Waals surface area contributed by atoms with E-state index in [-0.39, 0.29) is 0 Å². The molecule has 2 aliphatic heterocycles. The summed E-state index contributed by atoms with van der Waals surface area (Å²) in [5.74, 6) is 0. The van der Waals surface area contributed by atoms with Crippen molar-refractivity contribution in [3.63, 3.8) is 0 Å². The zero-order chi connectivity index (χ0) is 48.8. The molecule has 0 amide bonds. The zero-order valence-electron chi connectivity index (χ0n) is 40.3. The summed E-state index contributed by atoms with van der Waals surface area (Å²) in [4.78, 5) is 16.1. The minimum absolute atomic E-state index is 0.874. The van der Waals surface area contributed by atoms with E-state index in [4.69, 9.17) is 9.97 Å². The molecule has 0 saturated heterocycles. The van der Waals surface area contributed by atoms with E-state index in [9.17, 15) is 0 Å². The summed E-state index contributed by atoms with van der Waals surface area (Å²) in [7, 11) is -5.53. The third kappa shape index (κ3) is 6.07. The fourth-order valence-corrected chi connectivity index (χ4v) is 23.1. The van der Waals surface area contributed by atoms with Gasteiger partial charge >= 0.3 is 0 Å². The van der Waals surface area contributed by atoms with Crippen molar-refractivity contribution in [2.24, 2.45) is 0 Å². The van der Waals surface area contributed by atoms with Crippen LogP contribution in [0.1, 0.15) is 0 Å². The van der Waals surface area contributed by atoms with Crippen molar-refractivity contribution in [1.29, 1.82) is 0 Å². The normalized spacial score (nSPS) is 14.1. The molecule has 6 heteroatoms. The van der Waals surface area contributed by atoms with Crippen LogP contribution in [0, 0.1) is 0 Å². The molecular weight excluding hydrogens is 929 g/mol. The fraction of sp³-hybridized carbons (Fsp3) is 0. The highest BCUT2D eigenvalue weighted by Gasteiger charge is 2.50. The Balaban J connectivity index is 0.922. The predicted molar refractivity (Wildman–Crippen MR) is 316 cm³/mol. The Morgan fingerprint density at radius 3 is 0.865 bits per heavy atom. The Morgan fingerprint density at radius 2 is 0.541 bits per heavy atom. The van der Waals surface area contributed by atoms with Crippen LogP contribution >= 0.6 is 0 Å². The second kappa shape index (κ2) is 16.7. The molecule has 0 spiro atoms. The van der Waals surface area contributed by atoms with Gasteiger partial charge in [0.05, 0.1) is 22.1 Å². The summed E-state index contributed by atoms with van der Waals surface area (Å²) in [5, 5.41) is 15.3. The number of benzene rings is 12. The Hall–Kier alpha value is -9.21. The summed E-state index contributed by atoms with van der Waals surface area (Å²) in [6.07, 6.45) is 0. The molecule has 12 aromatic carbocycles. The average Bonchev–Trinajstić information content (AvgIpc) is 3.50. The monoisotopic (exact) mass is 974 g/mol. The number of hydrogen-bond acceptors (Lipinski definition) is 4. The van der Waals surface area contributed by atoms with Crippen molar-refractivity contribution < 1.29 is 0 Å². The van der Waals surface area contributed by atoms with Gasteiger partial charge in [-0.05, 0) is 113 Å². The van der Waals surface area contributed by atoms with Crippen LogP contribution in [0.5, 0.6) is 0 Å². The van der Waals surface area contributed by atoms with E-state index < -0.39 is 16.1 Å². The second-order valence-electron chi connectivity index (χ2n) is 19.6. The molecule has 0 fully saturated rings. The maximum absolute atomic E-state index is 5.70. The molecule has 3 heterocycles. The van der Waals surface area contributed by atoms with Crippen molar-refractivity contribution in [3.05, 3.63) is 279 Å². The van der Waals surface area contributed by atoms with Crippen LogP contribution < -0.4 is 51.3 Å². The van der Waals surface area contributed by atoms with Crippen molar-refractivity contribution in [2.45, 2.75) is 0 Å². The van der Waals surface area contributed by atoms with Crippen LogP contribution in [-0.4, -0.2) is 26.1 Å². The molecule has 15 rings (SSSR count). The highest BCUT2D eigenvalue weighted by Crippen LogP contribution is 2.43. The van der Waals surface area contributed by atoms with Crippen molar-refractivity contribution in [1.82, 2.24) is 9.97 Å². The molecule has 13 aromatic rings. The molecule has 0 N–H and O–H groups in total. The quantitative estimate of drug-likeness (QED) is 0.0944. The van der Waals surface area contributed by atoms with Crippen LogP contribution in [0.4, 0.5) is 34.1 Å². The van der Waals surface area contributed by atoms with Crippen molar-refractivity contribution in [2.75, 3.05) is 9.80 Å². The molecule has 74 heavy (non-hydrogen) atoms. The van der Waals surface area contributed by atoms with E-state index >= 15 is 0 Å². The number of nitrogens with zero attached hydrogens (tertiary/aromatic N) is 4. The molecule has 0 saturated carbocycles. The van der Waals surface area contributed by atoms with Crippen LogP contribution in [-0.2, 0) is 0 Å². The first-order chi connectivity index (χ1) is 36.7. The molecular formula is C68H46N4Si2. The SMILES string of the molecule is c1ccc([Si]2(c3ccccc3)c3ccccc3N(c3ccc4ccc5nc6ccc7ccc(N8c9ccccc9[Si](c9ccccc9)(c9ccccc9)c9ccccc98)cc7c6nc5c4c3)c3ccccc32)cc1. The Morgan fingerprint density at radius 1 is 0.257 bits per heavy atom. The van der Waals surface area contributed by atoms with Gasteiger partial charge in [0.15, 0.2) is 16.1 Å². The second-order valence-corrected chi connectivity index (χ2v) is 27.1. The Bertz CT molecular complexity index is 3880. The topological polar surface area (TPSA) is 32.3 Å². The van der Waals surface area contributed by atoms with E-state index in [1.54, 1.807) is 0 Å². The van der Waals surface area contributed by atoms with Gasteiger partial charge in [0.25, 0.3) is 0 Å². The standard InChI is InChI=1S/C68H46N4Si2/c1-5-21-51(22-6-1)73(52-23-7-2-8-24-52)63-33-17-13-29-59(63)71(60-30-14-18-34-64(60)73)49-41-37-47-39-43-57-67(55(47)45-49)70-68-56-46-50(42-38-48(56)40-44-58(68)69-57)72-61-31-15-19-35-65(61)74(53-25-9-3-10-26-53,54-27-11-4-12-28-54)66-36-20-16-32-62(66)72/h1-46H. The lowest BCUT2D eigenvalue weighted by atomic mass is 10.0. The Kier molecular flexibility index (Phi) is 9.57. The fourth-order valence-electron chi connectivity index (χ4n) is 12.9. The van der Waals surface area contributed by atoms with Crippen LogP contribution in [0.2, 0.25) is 0 Å². The van der Waals surface area contributed by atoms with Gasteiger partial charge in [-0.15, -0.1) is 0 Å². The number of anilines is 6. The molecule has 0 unspecified atom stereocenters. The summed E-state index contributed by atoms with van der Waals surface area (Å²) >= 11 is 0. The number of aromatic nitrogens is 2. The zero-order valence-corrected chi connectivity index (χ0v) is 42.3. The Labute approximate surface area is 431 Å². The highest BCUT2D eigenvalue weighted by molar-refractivity contribution is 7.22. The largest absolute Gasteiger partial charge is 0.311 e. The van der Waals surface area contributed by atoms with E-state index in [2.05, 4.69) is 289 Å². The van der Waals surface area contributed by atoms with Gasteiger partial charge in [-0.25, -0.2) is 9.97 Å². The summed E-state index contributed by atoms with van der Waals surface area (Å²) in [5.41, 5.74) is 10.5.